The maximum absolute atomic E-state index is 14.2. The van der Waals surface area contributed by atoms with Gasteiger partial charge in [0.25, 0.3) is 5.91 Å². The van der Waals surface area contributed by atoms with Crippen LogP contribution in [-0.2, 0) is 14.6 Å². The molecule has 0 aliphatic carbocycles. The first-order valence-corrected chi connectivity index (χ1v) is 10.7. The standard InChI is InChI=1S/C19H20FN5O3S/c1-12(2)17(25-23-18(22-24-25)13-7-5-4-6-8-13)19(26)21-16-11-14(29(3,27)28)9-10-15(16)20/h4-12,17H,1-3H3,(H,21,26). The number of nitrogens with zero attached hydrogens (tertiary/aromatic N) is 4. The third-order valence-electron chi connectivity index (χ3n) is 4.23. The number of carbonyl (C=O) groups is 1. The van der Waals surface area contributed by atoms with Gasteiger partial charge in [-0.25, -0.2) is 12.8 Å². The Bertz CT molecular complexity index is 1130. The molecule has 152 valence electrons. The summed E-state index contributed by atoms with van der Waals surface area (Å²) < 4.78 is 37.6. The van der Waals surface area contributed by atoms with Gasteiger partial charge in [0.15, 0.2) is 15.9 Å². The Morgan fingerprint density at radius 3 is 2.45 bits per heavy atom. The fourth-order valence-corrected chi connectivity index (χ4v) is 3.40. The van der Waals surface area contributed by atoms with E-state index in [9.17, 15) is 17.6 Å². The predicted molar refractivity (Wildman–Crippen MR) is 105 cm³/mol. The number of aromatic nitrogens is 4. The summed E-state index contributed by atoms with van der Waals surface area (Å²) in [4.78, 5) is 13.9. The summed E-state index contributed by atoms with van der Waals surface area (Å²) in [6.45, 7) is 3.58. The molecule has 3 rings (SSSR count). The van der Waals surface area contributed by atoms with E-state index in [0.717, 1.165) is 30.0 Å². The van der Waals surface area contributed by atoms with E-state index in [2.05, 4.69) is 20.7 Å². The van der Waals surface area contributed by atoms with Crippen LogP contribution >= 0.6 is 0 Å². The summed E-state index contributed by atoms with van der Waals surface area (Å²) in [6.07, 6.45) is 1.01. The summed E-state index contributed by atoms with van der Waals surface area (Å²) in [5.74, 6) is -1.21. The maximum Gasteiger partial charge on any atom is 0.251 e. The van der Waals surface area contributed by atoms with Crippen molar-refractivity contribution in [1.82, 2.24) is 20.2 Å². The van der Waals surface area contributed by atoms with E-state index in [-0.39, 0.29) is 16.5 Å². The molecule has 0 saturated heterocycles. The van der Waals surface area contributed by atoms with Crippen molar-refractivity contribution >= 4 is 21.4 Å². The summed E-state index contributed by atoms with van der Waals surface area (Å²) in [6, 6.07) is 11.5. The second-order valence-corrected chi connectivity index (χ2v) is 8.91. The Hall–Kier alpha value is -3.14. The van der Waals surface area contributed by atoms with E-state index in [0.29, 0.717) is 5.82 Å². The van der Waals surface area contributed by atoms with Crippen LogP contribution in [0.3, 0.4) is 0 Å². The van der Waals surface area contributed by atoms with Gasteiger partial charge in [-0.3, -0.25) is 4.79 Å². The monoisotopic (exact) mass is 417 g/mol. The van der Waals surface area contributed by atoms with Crippen molar-refractivity contribution in [2.24, 2.45) is 5.92 Å². The van der Waals surface area contributed by atoms with Crippen molar-refractivity contribution in [3.63, 3.8) is 0 Å². The van der Waals surface area contributed by atoms with Gasteiger partial charge in [0, 0.05) is 11.8 Å². The molecule has 1 heterocycles. The second-order valence-electron chi connectivity index (χ2n) is 6.89. The van der Waals surface area contributed by atoms with Gasteiger partial charge >= 0.3 is 0 Å². The average molecular weight is 417 g/mol. The Balaban J connectivity index is 1.89. The molecule has 29 heavy (non-hydrogen) atoms. The third-order valence-corrected chi connectivity index (χ3v) is 5.34. The first-order chi connectivity index (χ1) is 13.7. The van der Waals surface area contributed by atoms with Gasteiger partial charge in [0.2, 0.25) is 5.82 Å². The summed E-state index contributed by atoms with van der Waals surface area (Å²) in [5, 5.41) is 14.7. The number of benzene rings is 2. The molecule has 0 aliphatic rings. The lowest BCUT2D eigenvalue weighted by Crippen LogP contribution is -2.32. The fourth-order valence-electron chi connectivity index (χ4n) is 2.76. The minimum Gasteiger partial charge on any atom is -0.322 e. The number of anilines is 1. The smallest absolute Gasteiger partial charge is 0.251 e. The second kappa shape index (κ2) is 8.08. The van der Waals surface area contributed by atoms with Crippen molar-refractivity contribution in [2.75, 3.05) is 11.6 Å². The minimum absolute atomic E-state index is 0.0967. The summed E-state index contributed by atoms with van der Waals surface area (Å²) >= 11 is 0. The van der Waals surface area contributed by atoms with Crippen LogP contribution in [0.2, 0.25) is 0 Å². The highest BCUT2D eigenvalue weighted by atomic mass is 32.2. The number of carbonyl (C=O) groups excluding carboxylic acids is 1. The molecule has 10 heteroatoms. The number of nitrogens with one attached hydrogen (secondary N) is 1. The zero-order chi connectivity index (χ0) is 21.2. The van der Waals surface area contributed by atoms with Crippen molar-refractivity contribution in [2.45, 2.75) is 24.8 Å². The zero-order valence-corrected chi connectivity index (χ0v) is 16.9. The van der Waals surface area contributed by atoms with E-state index in [4.69, 9.17) is 0 Å². The van der Waals surface area contributed by atoms with Crippen LogP contribution < -0.4 is 5.32 Å². The molecule has 1 N–H and O–H groups in total. The van der Waals surface area contributed by atoms with Crippen molar-refractivity contribution in [3.8, 4) is 11.4 Å². The van der Waals surface area contributed by atoms with Gasteiger partial charge < -0.3 is 5.32 Å². The van der Waals surface area contributed by atoms with Crippen LogP contribution in [0.15, 0.2) is 53.4 Å². The lowest BCUT2D eigenvalue weighted by molar-refractivity contribution is -0.121. The summed E-state index contributed by atoms with van der Waals surface area (Å²) in [5.41, 5.74) is 0.514. The average Bonchev–Trinajstić information content (AvgIpc) is 3.12. The van der Waals surface area contributed by atoms with E-state index in [1.165, 1.54) is 4.80 Å². The van der Waals surface area contributed by atoms with Gasteiger partial charge in [-0.2, -0.15) is 4.80 Å². The van der Waals surface area contributed by atoms with Crippen LogP contribution in [0.4, 0.5) is 10.1 Å². The van der Waals surface area contributed by atoms with Crippen LogP contribution in [-0.4, -0.2) is 40.8 Å². The molecule has 0 aliphatic heterocycles. The number of hydrogen-bond acceptors (Lipinski definition) is 6. The highest BCUT2D eigenvalue weighted by Gasteiger charge is 2.28. The van der Waals surface area contributed by atoms with Crippen molar-refractivity contribution in [3.05, 3.63) is 54.3 Å². The zero-order valence-electron chi connectivity index (χ0n) is 16.1. The van der Waals surface area contributed by atoms with Crippen LogP contribution in [0, 0.1) is 11.7 Å². The van der Waals surface area contributed by atoms with Crippen molar-refractivity contribution < 1.29 is 17.6 Å². The molecule has 1 amide bonds. The number of tetrazole rings is 1. The lowest BCUT2D eigenvalue weighted by Gasteiger charge is -2.19. The van der Waals surface area contributed by atoms with Gasteiger partial charge in [0.05, 0.1) is 10.6 Å². The van der Waals surface area contributed by atoms with E-state index < -0.39 is 27.6 Å². The molecule has 2 aromatic carbocycles. The quantitative estimate of drug-likeness (QED) is 0.618. The number of halogens is 1. The number of amides is 1. The molecule has 1 unspecified atom stereocenters. The van der Waals surface area contributed by atoms with Crippen molar-refractivity contribution in [1.29, 1.82) is 0 Å². The molecule has 1 aromatic heterocycles. The van der Waals surface area contributed by atoms with E-state index in [1.807, 2.05) is 30.3 Å². The Kier molecular flexibility index (Phi) is 5.73. The van der Waals surface area contributed by atoms with Gasteiger partial charge in [-0.15, -0.1) is 10.2 Å². The molecule has 3 aromatic rings. The maximum atomic E-state index is 14.2. The summed E-state index contributed by atoms with van der Waals surface area (Å²) in [7, 11) is -3.55. The molecule has 0 bridgehead atoms. The van der Waals surface area contributed by atoms with Gasteiger partial charge in [0.1, 0.15) is 5.82 Å². The highest BCUT2D eigenvalue weighted by Crippen LogP contribution is 2.24. The number of hydrogen-bond donors (Lipinski definition) is 1. The van der Waals surface area contributed by atoms with E-state index >= 15 is 0 Å². The molecule has 0 radical (unpaired) electrons. The topological polar surface area (TPSA) is 107 Å². The molecule has 8 nitrogen and oxygen atoms in total. The molecule has 1 atom stereocenters. The Morgan fingerprint density at radius 1 is 1.14 bits per heavy atom. The highest BCUT2D eigenvalue weighted by molar-refractivity contribution is 7.90. The van der Waals surface area contributed by atoms with E-state index in [1.54, 1.807) is 13.8 Å². The minimum atomic E-state index is -3.55. The number of rotatable bonds is 6. The van der Waals surface area contributed by atoms with Crippen LogP contribution in [0.25, 0.3) is 11.4 Å². The molecular weight excluding hydrogens is 397 g/mol. The normalized spacial score (nSPS) is 12.7. The molecular formula is C19H20FN5O3S. The lowest BCUT2D eigenvalue weighted by atomic mass is 10.0. The third kappa shape index (κ3) is 4.65. The fraction of sp³-hybridized carbons (Fsp3) is 0.263. The number of sulfone groups is 1. The first kappa shape index (κ1) is 20.6. The Labute approximate surface area is 167 Å². The van der Waals surface area contributed by atoms with Gasteiger partial charge in [-0.05, 0) is 29.3 Å². The van der Waals surface area contributed by atoms with Crippen LogP contribution in [0.1, 0.15) is 19.9 Å². The SMILES string of the molecule is CC(C)C(C(=O)Nc1cc(S(C)(=O)=O)ccc1F)n1nnc(-c2ccccc2)n1. The molecule has 0 spiro atoms. The molecule has 0 saturated carbocycles. The van der Waals surface area contributed by atoms with Gasteiger partial charge in [-0.1, -0.05) is 44.2 Å². The molecule has 0 fully saturated rings. The Morgan fingerprint density at radius 2 is 1.83 bits per heavy atom. The first-order valence-electron chi connectivity index (χ1n) is 8.82. The predicted octanol–water partition coefficient (Wildman–Crippen LogP) is 2.72. The largest absolute Gasteiger partial charge is 0.322 e. The van der Waals surface area contributed by atoms with Crippen LogP contribution in [0.5, 0.6) is 0 Å².